The minimum atomic E-state index is -0.150. The lowest BCUT2D eigenvalue weighted by Crippen LogP contribution is -2.14. The molecule has 0 saturated heterocycles. The SMILES string of the molecule is Cc1nc(Nc2cc(CC(=O)Nc3ccccc3)[nH]n2)nc(Oc2ccc(N(C)C)cc2)n1. The second-order valence-electron chi connectivity index (χ2n) is 7.47. The van der Waals surface area contributed by atoms with E-state index in [2.05, 4.69) is 35.8 Å². The minimum absolute atomic E-state index is 0.150. The molecule has 0 bridgehead atoms. The zero-order valence-electron chi connectivity index (χ0n) is 18.5. The lowest BCUT2D eigenvalue weighted by Gasteiger charge is -2.12. The Morgan fingerprint density at radius 3 is 2.52 bits per heavy atom. The maximum atomic E-state index is 12.2. The van der Waals surface area contributed by atoms with Gasteiger partial charge in [0.2, 0.25) is 11.9 Å². The summed E-state index contributed by atoms with van der Waals surface area (Å²) in [5.41, 5.74) is 2.45. The van der Waals surface area contributed by atoms with Crippen LogP contribution in [-0.4, -0.2) is 45.2 Å². The molecule has 0 fully saturated rings. The fourth-order valence-electron chi connectivity index (χ4n) is 3.01. The van der Waals surface area contributed by atoms with E-state index in [0.717, 1.165) is 11.4 Å². The van der Waals surface area contributed by atoms with Gasteiger partial charge in [-0.3, -0.25) is 9.89 Å². The van der Waals surface area contributed by atoms with E-state index in [1.165, 1.54) is 0 Å². The third-order valence-corrected chi connectivity index (χ3v) is 4.57. The van der Waals surface area contributed by atoms with Crippen molar-refractivity contribution >= 4 is 29.0 Å². The van der Waals surface area contributed by atoms with Crippen molar-refractivity contribution in [3.05, 3.63) is 72.2 Å². The van der Waals surface area contributed by atoms with E-state index < -0.39 is 0 Å². The molecular weight excluding hydrogens is 420 g/mol. The molecule has 2 heterocycles. The van der Waals surface area contributed by atoms with Crippen LogP contribution in [0.15, 0.2) is 60.7 Å². The molecule has 2 aromatic carbocycles. The average molecular weight is 444 g/mol. The standard InChI is InChI=1S/C23H24N8O2/c1-15-24-22(28-23(25-15)33-19-11-9-18(10-12-19)31(2)3)27-20-13-17(29-30-20)14-21(32)26-16-7-5-4-6-8-16/h4-13H,14H2,1-3H3,(H,26,32)(H2,24,25,27,28,29,30). The number of para-hydroxylation sites is 1. The summed E-state index contributed by atoms with van der Waals surface area (Å²) in [4.78, 5) is 27.1. The molecule has 1 amide bonds. The lowest BCUT2D eigenvalue weighted by atomic mass is 10.2. The second kappa shape index (κ2) is 9.77. The number of hydrogen-bond acceptors (Lipinski definition) is 8. The van der Waals surface area contributed by atoms with Gasteiger partial charge in [0.15, 0.2) is 5.82 Å². The van der Waals surface area contributed by atoms with Crippen LogP contribution < -0.4 is 20.3 Å². The normalized spacial score (nSPS) is 10.5. The number of aromatic amines is 1. The van der Waals surface area contributed by atoms with Crippen molar-refractivity contribution in [1.82, 2.24) is 25.1 Å². The maximum Gasteiger partial charge on any atom is 0.327 e. The predicted molar refractivity (Wildman–Crippen MR) is 126 cm³/mol. The summed E-state index contributed by atoms with van der Waals surface area (Å²) in [6.07, 6.45) is 0.150. The molecule has 2 aromatic heterocycles. The first-order valence-corrected chi connectivity index (χ1v) is 10.3. The summed E-state index contributed by atoms with van der Waals surface area (Å²) in [7, 11) is 3.94. The number of nitrogens with one attached hydrogen (secondary N) is 3. The number of hydrogen-bond donors (Lipinski definition) is 3. The Bertz CT molecular complexity index is 1220. The largest absolute Gasteiger partial charge is 0.424 e. The third kappa shape index (κ3) is 6.03. The zero-order valence-corrected chi connectivity index (χ0v) is 18.5. The van der Waals surface area contributed by atoms with Crippen molar-refractivity contribution in [3.63, 3.8) is 0 Å². The van der Waals surface area contributed by atoms with Crippen LogP contribution in [0.1, 0.15) is 11.5 Å². The molecule has 0 spiro atoms. The number of H-pyrrole nitrogens is 1. The molecule has 0 saturated carbocycles. The highest BCUT2D eigenvalue weighted by molar-refractivity contribution is 5.92. The molecule has 10 heteroatoms. The van der Waals surface area contributed by atoms with Crippen LogP contribution in [0.4, 0.5) is 23.1 Å². The quantitative estimate of drug-likeness (QED) is 0.376. The fourth-order valence-corrected chi connectivity index (χ4v) is 3.01. The third-order valence-electron chi connectivity index (χ3n) is 4.57. The van der Waals surface area contributed by atoms with E-state index in [-0.39, 0.29) is 24.3 Å². The van der Waals surface area contributed by atoms with Gasteiger partial charge >= 0.3 is 6.01 Å². The molecule has 0 aliphatic heterocycles. The van der Waals surface area contributed by atoms with E-state index in [4.69, 9.17) is 4.74 Å². The highest BCUT2D eigenvalue weighted by atomic mass is 16.5. The monoisotopic (exact) mass is 444 g/mol. The first kappa shape index (κ1) is 21.8. The number of anilines is 4. The van der Waals surface area contributed by atoms with Gasteiger partial charge in [0.1, 0.15) is 11.6 Å². The molecule has 0 unspecified atom stereocenters. The van der Waals surface area contributed by atoms with Crippen LogP contribution >= 0.6 is 0 Å². The molecule has 0 aliphatic carbocycles. The molecule has 4 rings (SSSR count). The van der Waals surface area contributed by atoms with Crippen molar-refractivity contribution < 1.29 is 9.53 Å². The van der Waals surface area contributed by atoms with Gasteiger partial charge in [-0.05, 0) is 43.3 Å². The molecule has 33 heavy (non-hydrogen) atoms. The number of carbonyl (C=O) groups excluding carboxylic acids is 1. The second-order valence-corrected chi connectivity index (χ2v) is 7.47. The van der Waals surface area contributed by atoms with Crippen molar-refractivity contribution in [3.8, 4) is 11.8 Å². The number of nitrogens with zero attached hydrogens (tertiary/aromatic N) is 5. The Morgan fingerprint density at radius 1 is 1.03 bits per heavy atom. The zero-order chi connectivity index (χ0) is 23.2. The van der Waals surface area contributed by atoms with Gasteiger partial charge in [-0.1, -0.05) is 18.2 Å². The number of rotatable bonds is 8. The Kier molecular flexibility index (Phi) is 6.44. The van der Waals surface area contributed by atoms with Crippen LogP contribution in [0.3, 0.4) is 0 Å². The van der Waals surface area contributed by atoms with Gasteiger partial charge in [0, 0.05) is 37.2 Å². The van der Waals surface area contributed by atoms with Gasteiger partial charge in [-0.15, -0.1) is 0 Å². The van der Waals surface area contributed by atoms with Crippen LogP contribution in [-0.2, 0) is 11.2 Å². The lowest BCUT2D eigenvalue weighted by molar-refractivity contribution is -0.115. The highest BCUT2D eigenvalue weighted by Gasteiger charge is 2.11. The average Bonchev–Trinajstić information content (AvgIpc) is 3.20. The van der Waals surface area contributed by atoms with E-state index >= 15 is 0 Å². The molecule has 4 aromatic rings. The first-order valence-electron chi connectivity index (χ1n) is 10.3. The first-order chi connectivity index (χ1) is 15.9. The Labute approximate surface area is 191 Å². The maximum absolute atomic E-state index is 12.2. The summed E-state index contributed by atoms with van der Waals surface area (Å²) >= 11 is 0. The van der Waals surface area contributed by atoms with Gasteiger partial charge in [0.05, 0.1) is 6.42 Å². The molecule has 0 radical (unpaired) electrons. The summed E-state index contributed by atoms with van der Waals surface area (Å²) in [6.45, 7) is 1.75. The Morgan fingerprint density at radius 2 is 1.79 bits per heavy atom. The van der Waals surface area contributed by atoms with Gasteiger partial charge in [-0.2, -0.15) is 20.1 Å². The number of aromatic nitrogens is 5. The molecule has 10 nitrogen and oxygen atoms in total. The molecular formula is C23H24N8O2. The smallest absolute Gasteiger partial charge is 0.327 e. The van der Waals surface area contributed by atoms with Crippen LogP contribution in [0.2, 0.25) is 0 Å². The number of benzene rings is 2. The Hall–Kier alpha value is -4.47. The van der Waals surface area contributed by atoms with E-state index in [1.54, 1.807) is 13.0 Å². The molecule has 0 atom stereocenters. The molecule has 168 valence electrons. The number of carbonyl (C=O) groups is 1. The summed E-state index contributed by atoms with van der Waals surface area (Å²) in [5, 5.41) is 12.9. The number of amides is 1. The number of ether oxygens (including phenoxy) is 1. The summed E-state index contributed by atoms with van der Waals surface area (Å²) < 4.78 is 5.78. The highest BCUT2D eigenvalue weighted by Crippen LogP contribution is 2.23. The minimum Gasteiger partial charge on any atom is -0.424 e. The van der Waals surface area contributed by atoms with E-state index in [9.17, 15) is 4.79 Å². The van der Waals surface area contributed by atoms with E-state index in [0.29, 0.717) is 23.1 Å². The van der Waals surface area contributed by atoms with Gasteiger partial charge in [-0.25, -0.2) is 0 Å². The van der Waals surface area contributed by atoms with Crippen LogP contribution in [0.25, 0.3) is 0 Å². The van der Waals surface area contributed by atoms with Crippen molar-refractivity contribution in [2.24, 2.45) is 0 Å². The fraction of sp³-hybridized carbons (Fsp3) is 0.174. The Balaban J connectivity index is 1.39. The molecule has 3 N–H and O–H groups in total. The van der Waals surface area contributed by atoms with Gasteiger partial charge in [0.25, 0.3) is 0 Å². The summed E-state index contributed by atoms with van der Waals surface area (Å²) in [5.74, 6) is 1.72. The summed E-state index contributed by atoms with van der Waals surface area (Å²) in [6, 6.07) is 18.8. The number of aryl methyl sites for hydroxylation is 1. The van der Waals surface area contributed by atoms with Crippen molar-refractivity contribution in [2.75, 3.05) is 29.6 Å². The topological polar surface area (TPSA) is 121 Å². The predicted octanol–water partition coefficient (Wildman–Crippen LogP) is 3.69. The van der Waals surface area contributed by atoms with Crippen LogP contribution in [0.5, 0.6) is 11.8 Å². The van der Waals surface area contributed by atoms with Gasteiger partial charge < -0.3 is 20.3 Å². The van der Waals surface area contributed by atoms with Crippen molar-refractivity contribution in [2.45, 2.75) is 13.3 Å². The molecule has 0 aliphatic rings. The van der Waals surface area contributed by atoms with Crippen molar-refractivity contribution in [1.29, 1.82) is 0 Å². The van der Waals surface area contributed by atoms with E-state index in [1.807, 2.05) is 73.6 Å². The van der Waals surface area contributed by atoms with Crippen LogP contribution in [0, 0.1) is 6.92 Å².